The minimum absolute atomic E-state index is 0.574. The number of nitrogens with zero attached hydrogens (tertiary/aromatic N) is 2. The molecule has 0 aliphatic carbocycles. The predicted molar refractivity (Wildman–Crippen MR) is 43.9 cm³/mol. The molecule has 1 rings (SSSR count). The number of aromatic nitrogens is 1. The highest BCUT2D eigenvalue weighted by Crippen LogP contribution is 2.10. The van der Waals surface area contributed by atoms with E-state index in [1.54, 1.807) is 12.1 Å². The molecule has 0 bridgehead atoms. The van der Waals surface area contributed by atoms with Crippen molar-refractivity contribution in [1.82, 2.24) is 4.68 Å². The van der Waals surface area contributed by atoms with Crippen LogP contribution in [0.3, 0.4) is 0 Å². The molecule has 0 saturated heterocycles. The lowest BCUT2D eigenvalue weighted by atomic mass is 10.4. The zero-order valence-electron chi connectivity index (χ0n) is 5.62. The van der Waals surface area contributed by atoms with Crippen molar-refractivity contribution in [3.05, 3.63) is 24.4 Å². The SMILES string of the molecule is C=Cc1ccc(N)n1N=C. The standard InChI is InChI=1S/C7H9N3/c1-3-6-4-5-7(8)10(6)9-2/h3-5H,1-2,8H2. The Hall–Kier alpha value is -1.51. The fourth-order valence-electron chi connectivity index (χ4n) is 0.779. The van der Waals surface area contributed by atoms with E-state index in [4.69, 9.17) is 5.73 Å². The first-order valence-electron chi connectivity index (χ1n) is 2.86. The van der Waals surface area contributed by atoms with Crippen molar-refractivity contribution in [1.29, 1.82) is 0 Å². The average Bonchev–Trinajstić information content (AvgIpc) is 2.30. The Kier molecular flexibility index (Phi) is 1.58. The predicted octanol–water partition coefficient (Wildman–Crippen LogP) is 1.18. The molecule has 0 aliphatic rings. The lowest BCUT2D eigenvalue weighted by molar-refractivity contribution is 0.900. The Morgan fingerprint density at radius 2 is 2.30 bits per heavy atom. The molecule has 2 N–H and O–H groups in total. The summed E-state index contributed by atoms with van der Waals surface area (Å²) < 4.78 is 1.52. The third-order valence-electron chi connectivity index (χ3n) is 1.26. The normalized spacial score (nSPS) is 9.20. The first-order chi connectivity index (χ1) is 4.79. The number of hydrogen-bond acceptors (Lipinski definition) is 2. The first kappa shape index (κ1) is 6.61. The number of nitrogens with two attached hydrogens (primary N) is 1. The molecule has 3 nitrogen and oxygen atoms in total. The second-order valence-corrected chi connectivity index (χ2v) is 1.84. The molecular formula is C7H9N3. The van der Waals surface area contributed by atoms with Gasteiger partial charge in [-0.2, -0.15) is 5.10 Å². The second-order valence-electron chi connectivity index (χ2n) is 1.84. The molecule has 0 spiro atoms. The van der Waals surface area contributed by atoms with E-state index < -0.39 is 0 Å². The molecule has 0 atom stereocenters. The molecule has 0 radical (unpaired) electrons. The quantitative estimate of drug-likeness (QED) is 0.608. The van der Waals surface area contributed by atoms with Gasteiger partial charge in [-0.25, -0.2) is 4.68 Å². The van der Waals surface area contributed by atoms with Gasteiger partial charge in [0.15, 0.2) is 0 Å². The highest BCUT2D eigenvalue weighted by molar-refractivity contribution is 5.50. The Bertz CT molecular complexity index is 260. The largest absolute Gasteiger partial charge is 0.384 e. The number of rotatable bonds is 2. The van der Waals surface area contributed by atoms with Gasteiger partial charge in [-0.3, -0.25) is 0 Å². The summed E-state index contributed by atoms with van der Waals surface area (Å²) in [5.41, 5.74) is 6.36. The molecule has 1 heterocycles. The highest BCUT2D eigenvalue weighted by atomic mass is 15.4. The molecule has 0 aliphatic heterocycles. The molecule has 0 amide bonds. The van der Waals surface area contributed by atoms with Crippen LogP contribution in [0.4, 0.5) is 5.82 Å². The van der Waals surface area contributed by atoms with E-state index in [2.05, 4.69) is 18.4 Å². The zero-order valence-corrected chi connectivity index (χ0v) is 5.62. The van der Waals surface area contributed by atoms with E-state index in [9.17, 15) is 0 Å². The topological polar surface area (TPSA) is 43.3 Å². The lowest BCUT2D eigenvalue weighted by Crippen LogP contribution is -1.96. The van der Waals surface area contributed by atoms with Gasteiger partial charge in [0.05, 0.1) is 5.69 Å². The summed E-state index contributed by atoms with van der Waals surface area (Å²) >= 11 is 0. The van der Waals surface area contributed by atoms with E-state index in [1.807, 2.05) is 6.07 Å². The van der Waals surface area contributed by atoms with E-state index in [0.717, 1.165) is 5.69 Å². The van der Waals surface area contributed by atoms with Crippen molar-refractivity contribution in [2.24, 2.45) is 5.10 Å². The van der Waals surface area contributed by atoms with Crippen molar-refractivity contribution in [2.75, 3.05) is 5.73 Å². The van der Waals surface area contributed by atoms with Gasteiger partial charge in [-0.05, 0) is 18.2 Å². The van der Waals surface area contributed by atoms with Crippen molar-refractivity contribution >= 4 is 18.6 Å². The van der Waals surface area contributed by atoms with Crippen LogP contribution in [0, 0.1) is 0 Å². The van der Waals surface area contributed by atoms with Crippen LogP contribution in [0.5, 0.6) is 0 Å². The Labute approximate surface area is 59.5 Å². The van der Waals surface area contributed by atoms with Gasteiger partial charge in [0.1, 0.15) is 5.82 Å². The van der Waals surface area contributed by atoms with Crippen LogP contribution in [0.25, 0.3) is 6.08 Å². The smallest absolute Gasteiger partial charge is 0.125 e. The fourth-order valence-corrected chi connectivity index (χ4v) is 0.779. The molecule has 0 saturated carbocycles. The van der Waals surface area contributed by atoms with Crippen molar-refractivity contribution in [3.63, 3.8) is 0 Å². The summed E-state index contributed by atoms with van der Waals surface area (Å²) in [5.74, 6) is 0.574. The molecule has 0 unspecified atom stereocenters. The summed E-state index contributed by atoms with van der Waals surface area (Å²) in [7, 11) is 0. The van der Waals surface area contributed by atoms with Crippen LogP contribution in [0.2, 0.25) is 0 Å². The molecule has 10 heavy (non-hydrogen) atoms. The molecule has 1 aromatic heterocycles. The van der Waals surface area contributed by atoms with E-state index in [0.29, 0.717) is 5.82 Å². The Morgan fingerprint density at radius 1 is 1.60 bits per heavy atom. The highest BCUT2D eigenvalue weighted by Gasteiger charge is 1.97. The summed E-state index contributed by atoms with van der Waals surface area (Å²) in [5, 5.41) is 3.67. The van der Waals surface area contributed by atoms with Gasteiger partial charge in [0.25, 0.3) is 0 Å². The van der Waals surface area contributed by atoms with Crippen LogP contribution in [-0.2, 0) is 0 Å². The van der Waals surface area contributed by atoms with Crippen LogP contribution in [0.1, 0.15) is 5.69 Å². The molecule has 1 aromatic rings. The summed E-state index contributed by atoms with van der Waals surface area (Å²) in [6.07, 6.45) is 1.67. The fraction of sp³-hybridized carbons (Fsp3) is 0. The maximum atomic E-state index is 5.51. The first-order valence-corrected chi connectivity index (χ1v) is 2.86. The van der Waals surface area contributed by atoms with Crippen LogP contribution < -0.4 is 5.73 Å². The van der Waals surface area contributed by atoms with Crippen LogP contribution >= 0.6 is 0 Å². The number of anilines is 1. The van der Waals surface area contributed by atoms with E-state index >= 15 is 0 Å². The summed E-state index contributed by atoms with van der Waals surface area (Å²) in [4.78, 5) is 0. The van der Waals surface area contributed by atoms with Crippen molar-refractivity contribution < 1.29 is 0 Å². The van der Waals surface area contributed by atoms with Gasteiger partial charge >= 0.3 is 0 Å². The Morgan fingerprint density at radius 3 is 2.70 bits per heavy atom. The molecule has 0 aromatic carbocycles. The molecule has 52 valence electrons. The molecule has 0 fully saturated rings. The number of nitrogen functional groups attached to an aromatic ring is 1. The Balaban J connectivity index is 3.25. The molecular weight excluding hydrogens is 126 g/mol. The van der Waals surface area contributed by atoms with E-state index in [-0.39, 0.29) is 0 Å². The van der Waals surface area contributed by atoms with Crippen molar-refractivity contribution in [3.8, 4) is 0 Å². The van der Waals surface area contributed by atoms with Gasteiger partial charge < -0.3 is 5.73 Å². The lowest BCUT2D eigenvalue weighted by Gasteiger charge is -1.97. The van der Waals surface area contributed by atoms with Gasteiger partial charge in [0.2, 0.25) is 0 Å². The van der Waals surface area contributed by atoms with Crippen LogP contribution in [-0.4, -0.2) is 11.4 Å². The third-order valence-corrected chi connectivity index (χ3v) is 1.26. The minimum atomic E-state index is 0.574. The summed E-state index contributed by atoms with van der Waals surface area (Å²) in [6, 6.07) is 3.59. The van der Waals surface area contributed by atoms with Gasteiger partial charge in [-0.15, -0.1) is 0 Å². The maximum Gasteiger partial charge on any atom is 0.125 e. The third kappa shape index (κ3) is 0.815. The van der Waals surface area contributed by atoms with Crippen LogP contribution in [0.15, 0.2) is 23.8 Å². The maximum absolute atomic E-state index is 5.51. The minimum Gasteiger partial charge on any atom is -0.384 e. The zero-order chi connectivity index (χ0) is 7.56. The second kappa shape index (κ2) is 2.39. The van der Waals surface area contributed by atoms with Gasteiger partial charge in [-0.1, -0.05) is 6.58 Å². The van der Waals surface area contributed by atoms with Gasteiger partial charge in [0, 0.05) is 6.72 Å². The number of hydrogen-bond donors (Lipinski definition) is 1. The molecule has 3 heteroatoms. The average molecular weight is 135 g/mol. The van der Waals surface area contributed by atoms with Crippen molar-refractivity contribution in [2.45, 2.75) is 0 Å². The van der Waals surface area contributed by atoms with E-state index in [1.165, 1.54) is 4.68 Å². The monoisotopic (exact) mass is 135 g/mol. The summed E-state index contributed by atoms with van der Waals surface area (Å²) in [6.45, 7) is 6.95.